The van der Waals surface area contributed by atoms with Crippen molar-refractivity contribution in [2.75, 3.05) is 39.2 Å². The number of aliphatic hydroxyl groups is 2. The number of aliphatic hydroxyl groups excluding tert-OH is 1. The highest BCUT2D eigenvalue weighted by atomic mass is 32.2. The molecule has 2 spiro atoms. The number of rotatable bonds is 7. The molecular weight excluding hydrogens is 644 g/mol. The van der Waals surface area contributed by atoms with Crippen LogP contribution >= 0.6 is 0 Å². The molecule has 10 nitrogen and oxygen atoms in total. The largest absolute Gasteiger partial charge is 0.390 e. The monoisotopic (exact) mass is 708 g/mol. The third-order valence-electron chi connectivity index (χ3n) is 16.8. The molecule has 0 radical (unpaired) electrons. The molecule has 3 heterocycles. The van der Waals surface area contributed by atoms with Gasteiger partial charge >= 0.3 is 0 Å². The van der Waals surface area contributed by atoms with Gasteiger partial charge in [-0.3, -0.25) is 4.90 Å². The van der Waals surface area contributed by atoms with E-state index < -0.39 is 33.9 Å². The van der Waals surface area contributed by atoms with E-state index in [-0.39, 0.29) is 52.0 Å². The summed E-state index contributed by atoms with van der Waals surface area (Å²) in [5.41, 5.74) is -1.16. The minimum atomic E-state index is -3.59. The number of nitrogens with zero attached hydrogens (tertiary/aromatic N) is 1. The van der Waals surface area contributed by atoms with Gasteiger partial charge in [-0.2, -0.15) is 0 Å². The molecule has 3 N–H and O–H groups in total. The van der Waals surface area contributed by atoms with Crippen LogP contribution in [0.4, 0.5) is 0 Å². The fourth-order valence-corrected chi connectivity index (χ4v) is 15.2. The van der Waals surface area contributed by atoms with Gasteiger partial charge in [-0.25, -0.2) is 13.1 Å². The SMILES string of the molecule is C[C@@H]1CC(C(NS(C)(=O)=O)C(C)(C)O)OC2[C@H]1C1(C)CCC34CC35CCC(O[C@H]3CN(C6COC6)CCO3)C(C)(C)[C@@H]5CCC4[C@]1(C)[C@H]2O. The Bertz CT molecular complexity index is 1420. The summed E-state index contributed by atoms with van der Waals surface area (Å²) in [7, 11) is -3.59. The lowest BCUT2D eigenvalue weighted by atomic mass is 9.41. The normalized spacial score (nSPS) is 51.8. The second-order valence-electron chi connectivity index (χ2n) is 19.7. The Hall–Kier alpha value is -0.370. The first-order valence-electron chi connectivity index (χ1n) is 19.4. The second kappa shape index (κ2) is 11.3. The molecular formula is C38H64N2O8S. The van der Waals surface area contributed by atoms with Gasteiger partial charge in [0.1, 0.15) is 0 Å². The predicted molar refractivity (Wildman–Crippen MR) is 185 cm³/mol. The molecule has 8 fully saturated rings. The molecule has 14 atom stereocenters. The Labute approximate surface area is 294 Å². The summed E-state index contributed by atoms with van der Waals surface area (Å²) < 4.78 is 52.9. The van der Waals surface area contributed by atoms with Crippen LogP contribution in [0, 0.1) is 50.7 Å². The maximum absolute atomic E-state index is 12.6. The van der Waals surface area contributed by atoms with Crippen LogP contribution in [-0.2, 0) is 29.0 Å². The lowest BCUT2D eigenvalue weighted by Gasteiger charge is -2.64. The zero-order valence-electron chi connectivity index (χ0n) is 31.2. The molecule has 11 heteroatoms. The van der Waals surface area contributed by atoms with Gasteiger partial charge in [-0.15, -0.1) is 0 Å². The summed E-state index contributed by atoms with van der Waals surface area (Å²) in [6.45, 7) is 19.4. The Morgan fingerprint density at radius 1 is 1.02 bits per heavy atom. The van der Waals surface area contributed by atoms with E-state index in [9.17, 15) is 18.6 Å². The van der Waals surface area contributed by atoms with Crippen molar-refractivity contribution in [1.29, 1.82) is 0 Å². The van der Waals surface area contributed by atoms with Crippen molar-refractivity contribution < 1.29 is 37.6 Å². The molecule has 0 bridgehead atoms. The number of sulfonamides is 1. The van der Waals surface area contributed by atoms with Gasteiger partial charge in [0.15, 0.2) is 6.29 Å². The summed E-state index contributed by atoms with van der Waals surface area (Å²) in [6, 6.07) is -0.303. The fraction of sp³-hybridized carbons (Fsp3) is 1.00. The van der Waals surface area contributed by atoms with Crippen LogP contribution in [-0.4, -0.2) is 111 Å². The predicted octanol–water partition coefficient (Wildman–Crippen LogP) is 3.93. The topological polar surface area (TPSA) is 127 Å². The molecule has 280 valence electrons. The van der Waals surface area contributed by atoms with E-state index in [1.54, 1.807) is 13.8 Å². The number of morpholine rings is 1. The average Bonchev–Trinajstić information content (AvgIpc) is 3.60. The third-order valence-corrected chi connectivity index (χ3v) is 17.4. The Kier molecular flexibility index (Phi) is 8.24. The Balaban J connectivity index is 1.03. The Morgan fingerprint density at radius 2 is 1.71 bits per heavy atom. The molecule has 0 aromatic heterocycles. The zero-order valence-corrected chi connectivity index (χ0v) is 32.1. The molecule has 8 rings (SSSR count). The zero-order chi connectivity index (χ0) is 35.2. The van der Waals surface area contributed by atoms with Gasteiger partial charge in [0.05, 0.1) is 74.7 Å². The number of hydrogen-bond acceptors (Lipinski definition) is 9. The van der Waals surface area contributed by atoms with E-state index in [4.69, 9.17) is 18.9 Å². The molecule has 3 saturated heterocycles. The minimum absolute atomic E-state index is 0.0332. The van der Waals surface area contributed by atoms with Crippen LogP contribution in [0.3, 0.4) is 0 Å². The molecule has 8 unspecified atom stereocenters. The fourth-order valence-electron chi connectivity index (χ4n) is 14.3. The second-order valence-corrected chi connectivity index (χ2v) is 21.5. The van der Waals surface area contributed by atoms with Crippen molar-refractivity contribution in [3.05, 3.63) is 0 Å². The van der Waals surface area contributed by atoms with E-state index in [0.717, 1.165) is 58.2 Å². The number of nitrogens with one attached hydrogen (secondary N) is 1. The van der Waals surface area contributed by atoms with Crippen LogP contribution in [0.25, 0.3) is 0 Å². The van der Waals surface area contributed by atoms with E-state index in [2.05, 4.69) is 44.2 Å². The van der Waals surface area contributed by atoms with E-state index in [0.29, 0.717) is 36.3 Å². The van der Waals surface area contributed by atoms with Gasteiger partial charge < -0.3 is 29.2 Å². The van der Waals surface area contributed by atoms with Crippen LogP contribution in [0.5, 0.6) is 0 Å². The summed E-state index contributed by atoms with van der Waals surface area (Å²) in [6.07, 6.45) is 8.25. The molecule has 0 amide bonds. The van der Waals surface area contributed by atoms with Gasteiger partial charge in [0.2, 0.25) is 10.0 Å². The summed E-state index contributed by atoms with van der Waals surface area (Å²) in [4.78, 5) is 2.49. The van der Waals surface area contributed by atoms with Gasteiger partial charge in [0, 0.05) is 12.0 Å². The van der Waals surface area contributed by atoms with Gasteiger partial charge in [-0.05, 0) is 111 Å². The average molecular weight is 709 g/mol. The maximum Gasteiger partial charge on any atom is 0.209 e. The van der Waals surface area contributed by atoms with Crippen LogP contribution in [0.15, 0.2) is 0 Å². The molecule has 5 aliphatic carbocycles. The molecule has 3 aliphatic heterocycles. The van der Waals surface area contributed by atoms with Gasteiger partial charge in [-0.1, -0.05) is 34.6 Å². The molecule has 0 aromatic carbocycles. The summed E-state index contributed by atoms with van der Waals surface area (Å²) in [5.74, 6) is 1.39. The van der Waals surface area contributed by atoms with Crippen LogP contribution in [0.2, 0.25) is 0 Å². The quantitative estimate of drug-likeness (QED) is 0.361. The lowest BCUT2D eigenvalue weighted by Crippen LogP contribution is -2.61. The molecule has 8 aliphatic rings. The third kappa shape index (κ3) is 5.01. The number of hydrogen-bond donors (Lipinski definition) is 3. The highest BCUT2D eigenvalue weighted by molar-refractivity contribution is 7.88. The van der Waals surface area contributed by atoms with Crippen LogP contribution < -0.4 is 4.72 Å². The summed E-state index contributed by atoms with van der Waals surface area (Å²) in [5, 5.41) is 23.7. The van der Waals surface area contributed by atoms with Crippen molar-refractivity contribution in [3.8, 4) is 0 Å². The minimum Gasteiger partial charge on any atom is -0.390 e. The highest BCUT2D eigenvalue weighted by Gasteiger charge is 2.84. The van der Waals surface area contributed by atoms with Crippen molar-refractivity contribution in [1.82, 2.24) is 9.62 Å². The first-order valence-corrected chi connectivity index (χ1v) is 21.3. The first-order chi connectivity index (χ1) is 22.8. The van der Waals surface area contributed by atoms with Crippen molar-refractivity contribution in [2.45, 2.75) is 148 Å². The lowest BCUT2D eigenvalue weighted by molar-refractivity contribution is -0.256. The summed E-state index contributed by atoms with van der Waals surface area (Å²) >= 11 is 0. The smallest absolute Gasteiger partial charge is 0.209 e. The first kappa shape index (κ1) is 35.6. The van der Waals surface area contributed by atoms with E-state index >= 15 is 0 Å². The van der Waals surface area contributed by atoms with Crippen molar-refractivity contribution in [2.24, 2.45) is 50.7 Å². The number of ether oxygens (including phenoxy) is 4. The molecule has 49 heavy (non-hydrogen) atoms. The van der Waals surface area contributed by atoms with Gasteiger partial charge in [0.25, 0.3) is 0 Å². The molecule has 0 aromatic rings. The highest BCUT2D eigenvalue weighted by Crippen LogP contribution is 2.89. The van der Waals surface area contributed by atoms with E-state index in [1.165, 1.54) is 19.3 Å². The Morgan fingerprint density at radius 3 is 2.37 bits per heavy atom. The molecule has 5 saturated carbocycles. The van der Waals surface area contributed by atoms with E-state index in [1.807, 2.05) is 0 Å². The standard InChI is InChI=1S/C38H64N2O8S/c1-22-17-24(31(34(4,5)42)39-49(8,43)44)47-30-29(22)35(6)13-14-38-21-37(38)12-11-27(48-28-18-40(15-16-46-28)23-19-45-20-23)33(2,3)25(37)9-10-26(38)36(35,7)32(30)41/h22-32,39,41-42H,9-21H2,1-8H3/t22-,24?,25+,26?,27?,28+,29+,30?,31?,32+,35?,36-,37?,38?/m1/s1. The maximum atomic E-state index is 12.6. The number of fused-ring (bicyclic) bond motifs is 4. The van der Waals surface area contributed by atoms with Crippen molar-refractivity contribution in [3.63, 3.8) is 0 Å². The van der Waals surface area contributed by atoms with Crippen molar-refractivity contribution >= 4 is 10.0 Å². The van der Waals surface area contributed by atoms with Crippen LogP contribution in [0.1, 0.15) is 99.8 Å².